The lowest BCUT2D eigenvalue weighted by molar-refractivity contribution is 0.241. The van der Waals surface area contributed by atoms with Crippen molar-refractivity contribution >= 4 is 21.7 Å². The van der Waals surface area contributed by atoms with E-state index in [1.165, 1.54) is 12.1 Å². The van der Waals surface area contributed by atoms with Gasteiger partial charge in [-0.3, -0.25) is 4.72 Å². The summed E-state index contributed by atoms with van der Waals surface area (Å²) < 4.78 is 27.3. The lowest BCUT2D eigenvalue weighted by Gasteiger charge is -2.13. The Hall–Kier alpha value is -2.54. The third-order valence-corrected chi connectivity index (χ3v) is 4.47. The van der Waals surface area contributed by atoms with E-state index in [0.717, 1.165) is 0 Å². The van der Waals surface area contributed by atoms with E-state index in [1.54, 1.807) is 42.5 Å². The van der Waals surface area contributed by atoms with Crippen LogP contribution in [0, 0.1) is 0 Å². The number of hydrogen-bond donors (Lipinski definition) is 3. The number of carbonyl (C=O) groups is 1. The van der Waals surface area contributed by atoms with Crippen molar-refractivity contribution in [3.05, 3.63) is 60.2 Å². The molecule has 122 valence electrons. The number of urea groups is 1. The van der Waals surface area contributed by atoms with Crippen molar-refractivity contribution in [2.45, 2.75) is 18.4 Å². The van der Waals surface area contributed by atoms with E-state index in [4.69, 9.17) is 0 Å². The molecule has 2 aromatic rings. The number of rotatable bonds is 6. The maximum atomic E-state index is 12.4. The fourth-order valence-corrected chi connectivity index (χ4v) is 3.10. The highest BCUT2D eigenvalue weighted by molar-refractivity contribution is 7.92. The summed E-state index contributed by atoms with van der Waals surface area (Å²) in [5, 5.41) is 5.30. The molecule has 0 radical (unpaired) electrons. The smallest absolute Gasteiger partial charge is 0.315 e. The van der Waals surface area contributed by atoms with E-state index in [-0.39, 0.29) is 17.5 Å². The van der Waals surface area contributed by atoms with Gasteiger partial charge in [-0.1, -0.05) is 36.4 Å². The number of anilines is 1. The molecule has 0 aliphatic rings. The first-order chi connectivity index (χ1) is 11.0. The molecule has 0 spiro atoms. The van der Waals surface area contributed by atoms with Crippen LogP contribution in [0.2, 0.25) is 0 Å². The summed E-state index contributed by atoms with van der Waals surface area (Å²) in [4.78, 5) is 11.7. The molecule has 0 heterocycles. The van der Waals surface area contributed by atoms with E-state index in [9.17, 15) is 13.2 Å². The largest absolute Gasteiger partial charge is 0.338 e. The van der Waals surface area contributed by atoms with Crippen LogP contribution in [0.4, 0.5) is 10.5 Å². The average molecular weight is 333 g/mol. The molecule has 2 amide bonds. The van der Waals surface area contributed by atoms with Gasteiger partial charge >= 0.3 is 6.03 Å². The van der Waals surface area contributed by atoms with Gasteiger partial charge in [0.25, 0.3) is 10.0 Å². The van der Waals surface area contributed by atoms with Gasteiger partial charge in [0, 0.05) is 13.1 Å². The van der Waals surface area contributed by atoms with Gasteiger partial charge in [0.05, 0.1) is 10.6 Å². The maximum absolute atomic E-state index is 12.4. The molecule has 2 rings (SSSR count). The zero-order valence-electron chi connectivity index (χ0n) is 12.7. The molecule has 0 saturated heterocycles. The van der Waals surface area contributed by atoms with Crippen molar-refractivity contribution < 1.29 is 13.2 Å². The van der Waals surface area contributed by atoms with Gasteiger partial charge in [-0.2, -0.15) is 0 Å². The van der Waals surface area contributed by atoms with Crippen LogP contribution in [0.25, 0.3) is 0 Å². The summed E-state index contributed by atoms with van der Waals surface area (Å²) in [5.74, 6) is 0. The summed E-state index contributed by atoms with van der Waals surface area (Å²) in [7, 11) is -3.66. The maximum Gasteiger partial charge on any atom is 0.315 e. The van der Waals surface area contributed by atoms with Crippen LogP contribution in [0.5, 0.6) is 0 Å². The Morgan fingerprint density at radius 2 is 1.61 bits per heavy atom. The number of hydrogen-bond acceptors (Lipinski definition) is 3. The van der Waals surface area contributed by atoms with E-state index >= 15 is 0 Å². The van der Waals surface area contributed by atoms with Crippen LogP contribution < -0.4 is 15.4 Å². The quantitative estimate of drug-likeness (QED) is 0.758. The van der Waals surface area contributed by atoms with Gasteiger partial charge in [-0.25, -0.2) is 13.2 Å². The minimum Gasteiger partial charge on any atom is -0.338 e. The second-order valence-electron chi connectivity index (χ2n) is 4.79. The molecule has 0 atom stereocenters. The fourth-order valence-electron chi connectivity index (χ4n) is 1.98. The molecule has 3 N–H and O–H groups in total. The number of carbonyl (C=O) groups excluding carboxylic acids is 1. The molecule has 0 aliphatic heterocycles. The van der Waals surface area contributed by atoms with Gasteiger partial charge < -0.3 is 10.6 Å². The Kier molecular flexibility index (Phi) is 5.59. The summed E-state index contributed by atoms with van der Waals surface area (Å²) >= 11 is 0. The Morgan fingerprint density at radius 1 is 0.957 bits per heavy atom. The van der Waals surface area contributed by atoms with E-state index in [2.05, 4.69) is 15.4 Å². The van der Waals surface area contributed by atoms with Gasteiger partial charge in [0.1, 0.15) is 0 Å². The highest BCUT2D eigenvalue weighted by Crippen LogP contribution is 2.19. The van der Waals surface area contributed by atoms with Crippen molar-refractivity contribution in [3.8, 4) is 0 Å². The summed E-state index contributed by atoms with van der Waals surface area (Å²) in [6.45, 7) is 2.56. The number of amides is 2. The summed E-state index contributed by atoms with van der Waals surface area (Å²) in [5.41, 5.74) is 1.12. The highest BCUT2D eigenvalue weighted by Gasteiger charge is 2.15. The molecule has 0 aliphatic carbocycles. The van der Waals surface area contributed by atoms with Gasteiger partial charge in [-0.15, -0.1) is 0 Å². The predicted molar refractivity (Wildman–Crippen MR) is 89.6 cm³/mol. The first-order valence-electron chi connectivity index (χ1n) is 7.20. The zero-order chi connectivity index (χ0) is 16.7. The number of nitrogens with one attached hydrogen (secondary N) is 3. The van der Waals surface area contributed by atoms with Crippen LogP contribution in [0.3, 0.4) is 0 Å². The van der Waals surface area contributed by atoms with Crippen LogP contribution in [-0.4, -0.2) is 21.0 Å². The molecule has 23 heavy (non-hydrogen) atoms. The minimum absolute atomic E-state index is 0.187. The van der Waals surface area contributed by atoms with E-state index in [1.807, 2.05) is 6.92 Å². The van der Waals surface area contributed by atoms with E-state index in [0.29, 0.717) is 17.8 Å². The van der Waals surface area contributed by atoms with Gasteiger partial charge in [-0.05, 0) is 30.7 Å². The van der Waals surface area contributed by atoms with Crippen molar-refractivity contribution in [2.75, 3.05) is 11.3 Å². The number of benzene rings is 2. The predicted octanol–water partition coefficient (Wildman–Crippen LogP) is 2.31. The van der Waals surface area contributed by atoms with Gasteiger partial charge in [0.15, 0.2) is 0 Å². The second kappa shape index (κ2) is 7.64. The lowest BCUT2D eigenvalue weighted by atomic mass is 10.2. The number of sulfonamides is 1. The third-order valence-electron chi connectivity index (χ3n) is 3.09. The standard InChI is InChI=1S/C16H19N3O3S/c1-2-17-16(20)18-12-13-8-6-7-11-15(13)19-23(21,22)14-9-4-3-5-10-14/h3-11,19H,2,12H2,1H3,(H2,17,18,20). The Morgan fingerprint density at radius 3 is 2.30 bits per heavy atom. The Balaban J connectivity index is 2.16. The van der Waals surface area contributed by atoms with Crippen LogP contribution in [0.15, 0.2) is 59.5 Å². The van der Waals surface area contributed by atoms with Crippen LogP contribution in [0.1, 0.15) is 12.5 Å². The molecule has 0 saturated carbocycles. The molecular formula is C16H19N3O3S. The first-order valence-corrected chi connectivity index (χ1v) is 8.68. The second-order valence-corrected chi connectivity index (χ2v) is 6.47. The topological polar surface area (TPSA) is 87.3 Å². The number of para-hydroxylation sites is 1. The van der Waals surface area contributed by atoms with Crippen LogP contribution >= 0.6 is 0 Å². The normalized spacial score (nSPS) is 10.8. The monoisotopic (exact) mass is 333 g/mol. The average Bonchev–Trinajstić information content (AvgIpc) is 2.55. The molecule has 0 bridgehead atoms. The van der Waals surface area contributed by atoms with Gasteiger partial charge in [0.2, 0.25) is 0 Å². The third kappa shape index (κ3) is 4.72. The molecule has 2 aromatic carbocycles. The van der Waals surface area contributed by atoms with E-state index < -0.39 is 10.0 Å². The highest BCUT2D eigenvalue weighted by atomic mass is 32.2. The minimum atomic E-state index is -3.66. The molecule has 0 unspecified atom stereocenters. The first kappa shape index (κ1) is 16.8. The molecule has 0 aromatic heterocycles. The van der Waals surface area contributed by atoms with Crippen molar-refractivity contribution in [1.82, 2.24) is 10.6 Å². The van der Waals surface area contributed by atoms with Crippen LogP contribution in [-0.2, 0) is 16.6 Å². The zero-order valence-corrected chi connectivity index (χ0v) is 13.6. The molecule has 6 nitrogen and oxygen atoms in total. The fraction of sp³-hybridized carbons (Fsp3) is 0.188. The Labute approximate surface area is 136 Å². The molecule has 7 heteroatoms. The molecular weight excluding hydrogens is 314 g/mol. The van der Waals surface area contributed by atoms with Crippen molar-refractivity contribution in [3.63, 3.8) is 0 Å². The SMILES string of the molecule is CCNC(=O)NCc1ccccc1NS(=O)(=O)c1ccccc1. The summed E-state index contributed by atoms with van der Waals surface area (Å²) in [6, 6.07) is 14.8. The molecule has 0 fully saturated rings. The van der Waals surface area contributed by atoms with Crippen molar-refractivity contribution in [1.29, 1.82) is 0 Å². The summed E-state index contributed by atoms with van der Waals surface area (Å²) in [6.07, 6.45) is 0. The lowest BCUT2D eigenvalue weighted by Crippen LogP contribution is -2.34. The van der Waals surface area contributed by atoms with Crippen molar-refractivity contribution in [2.24, 2.45) is 0 Å². The Bertz CT molecular complexity index is 761.